The minimum Gasteiger partial charge on any atom is -0.496 e. The van der Waals surface area contributed by atoms with Crippen LogP contribution in [-0.4, -0.2) is 32.9 Å². The summed E-state index contributed by atoms with van der Waals surface area (Å²) in [6, 6.07) is 6.07. The van der Waals surface area contributed by atoms with E-state index in [0.29, 0.717) is 0 Å². The molecule has 0 saturated heterocycles. The maximum Gasteiger partial charge on any atom is 0.416 e. The van der Waals surface area contributed by atoms with Crippen molar-refractivity contribution in [1.29, 1.82) is 5.26 Å². The summed E-state index contributed by atoms with van der Waals surface area (Å²) in [6.07, 6.45) is -1.32. The highest BCUT2D eigenvalue weighted by Gasteiger charge is 2.31. The van der Waals surface area contributed by atoms with Gasteiger partial charge in [0, 0.05) is 28.9 Å². The number of benzene rings is 2. The molecule has 1 atom stereocenters. The van der Waals surface area contributed by atoms with E-state index in [4.69, 9.17) is 10.00 Å². The number of hydrogen-bond acceptors (Lipinski definition) is 6. The lowest BCUT2D eigenvalue weighted by molar-refractivity contribution is -0.137. The van der Waals surface area contributed by atoms with Crippen LogP contribution < -0.4 is 14.8 Å². The third kappa shape index (κ3) is 5.90. The summed E-state index contributed by atoms with van der Waals surface area (Å²) in [5.74, 6) is -1.77. The largest absolute Gasteiger partial charge is 0.496 e. The van der Waals surface area contributed by atoms with Gasteiger partial charge in [0.25, 0.3) is 0 Å². The average Bonchev–Trinajstić information content (AvgIpc) is 2.74. The van der Waals surface area contributed by atoms with Crippen LogP contribution in [0.15, 0.2) is 42.6 Å². The summed E-state index contributed by atoms with van der Waals surface area (Å²) in [7, 11) is -1.85. The lowest BCUT2D eigenvalue weighted by Gasteiger charge is -2.13. The first-order chi connectivity index (χ1) is 15.9. The molecule has 0 aliphatic rings. The van der Waals surface area contributed by atoms with E-state index in [9.17, 15) is 26.2 Å². The Hall–Kier alpha value is -3.92. The SMILES string of the molecule is COc1cc(F)ccc1-c1nc(Nc2cc(C=S(C)(=O)NC#N)cc(C(F)(F)F)c2)ncc1F. The number of anilines is 2. The zero-order valence-electron chi connectivity index (χ0n) is 17.6. The molecule has 0 saturated carbocycles. The van der Waals surface area contributed by atoms with Crippen molar-refractivity contribution in [2.75, 3.05) is 18.7 Å². The predicted octanol–water partition coefficient (Wildman–Crippen LogP) is 4.24. The highest BCUT2D eigenvalue weighted by Crippen LogP contribution is 2.34. The zero-order valence-corrected chi connectivity index (χ0v) is 18.4. The van der Waals surface area contributed by atoms with Crippen LogP contribution in [-0.2, 0) is 15.9 Å². The number of nitrogens with one attached hydrogen (secondary N) is 2. The second kappa shape index (κ2) is 9.52. The summed E-state index contributed by atoms with van der Waals surface area (Å²) in [5, 5.41) is 12.2. The number of ether oxygens (including phenoxy) is 1. The minimum absolute atomic E-state index is 0.0118. The van der Waals surface area contributed by atoms with Crippen molar-refractivity contribution >= 4 is 26.7 Å². The molecule has 1 heterocycles. The molecule has 3 aromatic rings. The van der Waals surface area contributed by atoms with Crippen LogP contribution in [0, 0.1) is 23.1 Å². The highest BCUT2D eigenvalue weighted by molar-refractivity contribution is 7.99. The Morgan fingerprint density at radius 3 is 2.56 bits per heavy atom. The molecule has 0 aliphatic heterocycles. The fraction of sp³-hybridized carbons (Fsp3) is 0.143. The molecule has 1 unspecified atom stereocenters. The van der Waals surface area contributed by atoms with E-state index in [2.05, 4.69) is 15.3 Å². The van der Waals surface area contributed by atoms with Crippen LogP contribution in [0.4, 0.5) is 33.6 Å². The molecule has 2 aromatic carbocycles. The van der Waals surface area contributed by atoms with Crippen molar-refractivity contribution in [3.8, 4) is 23.2 Å². The van der Waals surface area contributed by atoms with Gasteiger partial charge in [0.2, 0.25) is 5.95 Å². The summed E-state index contributed by atoms with van der Waals surface area (Å²) >= 11 is 0. The number of alkyl halides is 3. The molecule has 3 rings (SSSR count). The topological polar surface area (TPSA) is 99.9 Å². The van der Waals surface area contributed by atoms with E-state index in [1.54, 1.807) is 0 Å². The zero-order chi connectivity index (χ0) is 25.1. The summed E-state index contributed by atoms with van der Waals surface area (Å²) in [4.78, 5) is 7.74. The van der Waals surface area contributed by atoms with E-state index < -0.39 is 33.1 Å². The molecule has 0 aliphatic carbocycles. The van der Waals surface area contributed by atoms with Crippen LogP contribution in [0.1, 0.15) is 11.1 Å². The van der Waals surface area contributed by atoms with Gasteiger partial charge in [-0.2, -0.15) is 18.4 Å². The Kier molecular flexibility index (Phi) is 6.92. The first-order valence-corrected chi connectivity index (χ1v) is 11.3. The third-order valence-electron chi connectivity index (χ3n) is 4.31. The van der Waals surface area contributed by atoms with Gasteiger partial charge >= 0.3 is 6.18 Å². The number of aromatic nitrogens is 2. The Morgan fingerprint density at radius 2 is 1.91 bits per heavy atom. The molecule has 0 bridgehead atoms. The van der Waals surface area contributed by atoms with E-state index in [1.807, 2.05) is 4.72 Å². The minimum atomic E-state index is -4.74. The smallest absolute Gasteiger partial charge is 0.416 e. The van der Waals surface area contributed by atoms with Crippen molar-refractivity contribution in [2.45, 2.75) is 6.18 Å². The van der Waals surface area contributed by atoms with E-state index >= 15 is 0 Å². The van der Waals surface area contributed by atoms with Gasteiger partial charge in [-0.05, 0) is 35.9 Å². The van der Waals surface area contributed by atoms with Crippen LogP contribution >= 0.6 is 0 Å². The van der Waals surface area contributed by atoms with Crippen molar-refractivity contribution in [3.63, 3.8) is 0 Å². The van der Waals surface area contributed by atoms with Gasteiger partial charge < -0.3 is 10.1 Å². The molecule has 7 nitrogen and oxygen atoms in total. The Morgan fingerprint density at radius 1 is 1.18 bits per heavy atom. The average molecular weight is 497 g/mol. The molecule has 0 spiro atoms. The first kappa shape index (κ1) is 24.7. The second-order valence-corrected chi connectivity index (χ2v) is 9.18. The monoisotopic (exact) mass is 497 g/mol. The summed E-state index contributed by atoms with van der Waals surface area (Å²) in [6.45, 7) is 0. The predicted molar refractivity (Wildman–Crippen MR) is 117 cm³/mol. The molecule has 13 heteroatoms. The molecule has 34 heavy (non-hydrogen) atoms. The van der Waals surface area contributed by atoms with Crippen LogP contribution in [0.25, 0.3) is 11.3 Å². The fourth-order valence-corrected chi connectivity index (χ4v) is 3.84. The molecule has 0 radical (unpaired) electrons. The normalized spacial score (nSPS) is 12.9. The number of halogens is 5. The third-order valence-corrected chi connectivity index (χ3v) is 5.53. The lowest BCUT2D eigenvalue weighted by atomic mass is 10.1. The number of nitriles is 1. The van der Waals surface area contributed by atoms with Crippen molar-refractivity contribution in [2.24, 2.45) is 0 Å². The van der Waals surface area contributed by atoms with Crippen LogP contribution in [0.2, 0.25) is 0 Å². The van der Waals surface area contributed by atoms with Gasteiger partial charge in [0.05, 0.1) is 28.6 Å². The summed E-state index contributed by atoms with van der Waals surface area (Å²) < 4.78 is 87.6. The fourth-order valence-electron chi connectivity index (χ4n) is 2.94. The quantitative estimate of drug-likeness (QED) is 0.229. The highest BCUT2D eigenvalue weighted by atomic mass is 32.2. The maximum absolute atomic E-state index is 14.4. The molecular formula is C21H16F5N5O2S. The lowest BCUT2D eigenvalue weighted by Crippen LogP contribution is -2.19. The van der Waals surface area contributed by atoms with Gasteiger partial charge in [-0.15, -0.1) is 0 Å². The van der Waals surface area contributed by atoms with Crippen LogP contribution in [0.5, 0.6) is 5.75 Å². The van der Waals surface area contributed by atoms with Gasteiger partial charge in [-0.25, -0.2) is 27.7 Å². The van der Waals surface area contributed by atoms with Gasteiger partial charge in [0.1, 0.15) is 17.3 Å². The van der Waals surface area contributed by atoms with E-state index in [0.717, 1.165) is 42.1 Å². The molecule has 178 valence electrons. The Bertz CT molecular complexity index is 1400. The second-order valence-electron chi connectivity index (χ2n) is 6.94. The maximum atomic E-state index is 14.4. The Labute approximate surface area is 191 Å². The van der Waals surface area contributed by atoms with E-state index in [-0.39, 0.29) is 34.2 Å². The molecule has 0 fully saturated rings. The first-order valence-electron chi connectivity index (χ1n) is 9.27. The van der Waals surface area contributed by atoms with Gasteiger partial charge in [0.15, 0.2) is 12.0 Å². The van der Waals surface area contributed by atoms with Crippen molar-refractivity contribution in [3.05, 3.63) is 65.4 Å². The number of hydrogen-bond donors (Lipinski definition) is 2. The number of rotatable bonds is 6. The van der Waals surface area contributed by atoms with Gasteiger partial charge in [-0.3, -0.25) is 0 Å². The van der Waals surface area contributed by atoms with Crippen molar-refractivity contribution in [1.82, 2.24) is 14.7 Å². The number of nitrogens with zero attached hydrogens (tertiary/aromatic N) is 3. The Balaban J connectivity index is 2.08. The van der Waals surface area contributed by atoms with E-state index in [1.165, 1.54) is 25.4 Å². The summed E-state index contributed by atoms with van der Waals surface area (Å²) in [5.41, 5.74) is -1.49. The van der Waals surface area contributed by atoms with Crippen LogP contribution in [0.3, 0.4) is 0 Å². The standard InChI is InChI=1S/C21H16F5N5O2S/c1-33-18-8-14(22)3-4-16(18)19-17(23)9-28-20(31-19)30-15-6-12(10-34(2,32)29-11-27)5-13(7-15)21(24,25)26/h3-10H,1-2H3,(H,29,32)(H,28,30,31). The molecule has 2 N–H and O–H groups in total. The molecule has 0 amide bonds. The molecule has 1 aromatic heterocycles. The van der Waals surface area contributed by atoms with Gasteiger partial charge in [-0.1, -0.05) is 0 Å². The molecular weight excluding hydrogens is 481 g/mol. The number of methoxy groups -OCH3 is 1. The van der Waals surface area contributed by atoms with Crippen molar-refractivity contribution < 1.29 is 30.9 Å².